The molecular weight excluding hydrogens is 298 g/mol. The van der Waals surface area contributed by atoms with Crippen molar-refractivity contribution in [2.24, 2.45) is 0 Å². The van der Waals surface area contributed by atoms with Gasteiger partial charge in [-0.25, -0.2) is 4.79 Å². The monoisotopic (exact) mass is 313 g/mol. The molecule has 1 aliphatic heterocycles. The van der Waals surface area contributed by atoms with E-state index < -0.39 is 36.1 Å². The molecule has 21 heavy (non-hydrogen) atoms. The van der Waals surface area contributed by atoms with Crippen LogP contribution in [0.15, 0.2) is 17.5 Å². The molecule has 3 unspecified atom stereocenters. The van der Waals surface area contributed by atoms with E-state index in [1.54, 1.807) is 17.5 Å². The Balaban J connectivity index is 1.99. The summed E-state index contributed by atoms with van der Waals surface area (Å²) in [7, 11) is 0. The maximum absolute atomic E-state index is 12.1. The van der Waals surface area contributed by atoms with E-state index in [9.17, 15) is 14.4 Å². The Labute approximate surface area is 124 Å². The van der Waals surface area contributed by atoms with Crippen molar-refractivity contribution in [3.63, 3.8) is 0 Å². The highest BCUT2D eigenvalue weighted by molar-refractivity contribution is 7.10. The average Bonchev–Trinajstić information content (AvgIpc) is 3.09. The van der Waals surface area contributed by atoms with Gasteiger partial charge in [0.05, 0.1) is 12.5 Å². The van der Waals surface area contributed by atoms with Crippen LogP contribution in [0.2, 0.25) is 0 Å². The van der Waals surface area contributed by atoms with E-state index in [0.29, 0.717) is 6.42 Å². The predicted octanol–water partition coefficient (Wildman–Crippen LogP) is 1.01. The maximum atomic E-state index is 12.1. The number of carboxylic acids is 2. The molecule has 1 aromatic heterocycles. The van der Waals surface area contributed by atoms with Crippen LogP contribution in [0.1, 0.15) is 30.2 Å². The van der Waals surface area contributed by atoms with Crippen molar-refractivity contribution in [3.05, 3.63) is 22.4 Å². The Morgan fingerprint density at radius 2 is 2.05 bits per heavy atom. The van der Waals surface area contributed by atoms with E-state index in [-0.39, 0.29) is 12.8 Å². The lowest BCUT2D eigenvalue weighted by atomic mass is 10.1. The fraction of sp³-hybridized carbons (Fsp3) is 0.462. The number of rotatable bonds is 6. The average molecular weight is 313 g/mol. The molecule has 0 saturated carbocycles. The smallest absolute Gasteiger partial charge is 0.332 e. The molecule has 2 heterocycles. The summed E-state index contributed by atoms with van der Waals surface area (Å²) in [6, 6.07) is 2.88. The van der Waals surface area contributed by atoms with Crippen LogP contribution >= 0.6 is 11.3 Å². The molecule has 0 radical (unpaired) electrons. The summed E-state index contributed by atoms with van der Waals surface area (Å²) in [4.78, 5) is 34.5. The molecule has 0 bridgehead atoms. The third-order valence-electron chi connectivity index (χ3n) is 3.17. The maximum Gasteiger partial charge on any atom is 0.332 e. The van der Waals surface area contributed by atoms with Crippen LogP contribution in [-0.4, -0.2) is 40.3 Å². The number of aliphatic carboxylic acids is 2. The first-order chi connectivity index (χ1) is 9.97. The van der Waals surface area contributed by atoms with Gasteiger partial charge in [-0.15, -0.1) is 11.3 Å². The zero-order valence-electron chi connectivity index (χ0n) is 11.0. The van der Waals surface area contributed by atoms with Crippen LogP contribution in [0, 0.1) is 0 Å². The Kier molecular flexibility index (Phi) is 4.92. The predicted molar refractivity (Wildman–Crippen MR) is 73.0 cm³/mol. The normalized spacial score (nSPS) is 22.7. The van der Waals surface area contributed by atoms with E-state index in [4.69, 9.17) is 14.9 Å². The lowest BCUT2D eigenvalue weighted by Gasteiger charge is -2.18. The second-order valence-corrected chi connectivity index (χ2v) is 5.68. The molecule has 0 spiro atoms. The molecule has 1 fully saturated rings. The van der Waals surface area contributed by atoms with Crippen molar-refractivity contribution in [1.29, 1.82) is 0 Å². The van der Waals surface area contributed by atoms with Gasteiger partial charge in [0.2, 0.25) is 5.91 Å². The number of ether oxygens (including phenoxy) is 1. The van der Waals surface area contributed by atoms with Gasteiger partial charge in [-0.3, -0.25) is 9.59 Å². The Morgan fingerprint density at radius 1 is 1.33 bits per heavy atom. The first kappa shape index (κ1) is 15.5. The van der Waals surface area contributed by atoms with E-state index in [1.165, 1.54) is 11.3 Å². The molecule has 1 aliphatic rings. The van der Waals surface area contributed by atoms with Gasteiger partial charge in [0.1, 0.15) is 6.10 Å². The molecule has 0 aromatic carbocycles. The molecule has 2 rings (SSSR count). The van der Waals surface area contributed by atoms with Gasteiger partial charge in [-0.05, 0) is 24.3 Å². The van der Waals surface area contributed by atoms with Crippen molar-refractivity contribution in [2.45, 2.75) is 37.5 Å². The zero-order chi connectivity index (χ0) is 15.4. The molecule has 1 aromatic rings. The fourth-order valence-corrected chi connectivity index (χ4v) is 2.94. The van der Waals surface area contributed by atoms with Crippen molar-refractivity contribution >= 4 is 29.2 Å². The van der Waals surface area contributed by atoms with Crippen molar-refractivity contribution < 1.29 is 29.3 Å². The minimum Gasteiger partial charge on any atom is -0.481 e. The number of carbonyl (C=O) groups is 3. The highest BCUT2D eigenvalue weighted by Crippen LogP contribution is 2.25. The molecule has 1 amide bonds. The van der Waals surface area contributed by atoms with Crippen molar-refractivity contribution in [3.8, 4) is 0 Å². The highest BCUT2D eigenvalue weighted by atomic mass is 32.1. The Morgan fingerprint density at radius 3 is 2.57 bits per heavy atom. The number of carboxylic acid groups (broad SMARTS) is 2. The first-order valence-corrected chi connectivity index (χ1v) is 7.29. The minimum absolute atomic E-state index is 0.235. The van der Waals surface area contributed by atoms with E-state index in [1.807, 2.05) is 0 Å². The SMILES string of the molecule is O=C(O)CC(NC(=O)C1CCC(C(=O)O)O1)c1cccs1. The molecule has 3 N–H and O–H groups in total. The minimum atomic E-state index is -1.09. The van der Waals surface area contributed by atoms with Crippen LogP contribution in [0.3, 0.4) is 0 Å². The Hall–Kier alpha value is -1.93. The summed E-state index contributed by atoms with van der Waals surface area (Å²) >= 11 is 1.35. The summed E-state index contributed by atoms with van der Waals surface area (Å²) in [5, 5.41) is 22.2. The number of nitrogens with one attached hydrogen (secondary N) is 1. The second kappa shape index (κ2) is 6.68. The second-order valence-electron chi connectivity index (χ2n) is 4.70. The molecule has 8 heteroatoms. The standard InChI is InChI=1S/C13H15NO6S/c15-11(16)6-7(10-2-1-5-21-10)14-12(17)8-3-4-9(20-8)13(18)19/h1-2,5,7-9H,3-4,6H2,(H,14,17)(H,15,16)(H,18,19). The third kappa shape index (κ3) is 4.02. The van der Waals surface area contributed by atoms with Gasteiger partial charge in [-0.2, -0.15) is 0 Å². The molecule has 7 nitrogen and oxygen atoms in total. The third-order valence-corrected chi connectivity index (χ3v) is 4.16. The van der Waals surface area contributed by atoms with Gasteiger partial charge in [0, 0.05) is 4.88 Å². The van der Waals surface area contributed by atoms with Gasteiger partial charge in [-0.1, -0.05) is 6.07 Å². The number of carbonyl (C=O) groups excluding carboxylic acids is 1. The molecule has 1 saturated heterocycles. The quantitative estimate of drug-likeness (QED) is 0.722. The molecular formula is C13H15NO6S. The number of hydrogen-bond acceptors (Lipinski definition) is 5. The summed E-state index contributed by atoms with van der Waals surface area (Å²) in [6.07, 6.45) is -1.47. The van der Waals surface area contributed by atoms with Crippen LogP contribution in [0.25, 0.3) is 0 Å². The Bertz CT molecular complexity index is 529. The van der Waals surface area contributed by atoms with Crippen molar-refractivity contribution in [2.75, 3.05) is 0 Å². The lowest BCUT2D eigenvalue weighted by Crippen LogP contribution is -2.38. The van der Waals surface area contributed by atoms with Crippen molar-refractivity contribution in [1.82, 2.24) is 5.32 Å². The number of thiophene rings is 1. The largest absolute Gasteiger partial charge is 0.481 e. The van der Waals surface area contributed by atoms with Gasteiger partial charge in [0.25, 0.3) is 0 Å². The van der Waals surface area contributed by atoms with Crippen LogP contribution in [-0.2, 0) is 19.1 Å². The van der Waals surface area contributed by atoms with E-state index in [0.717, 1.165) is 4.88 Å². The summed E-state index contributed by atoms with van der Waals surface area (Å²) in [5.41, 5.74) is 0. The van der Waals surface area contributed by atoms with Crippen LogP contribution < -0.4 is 5.32 Å². The van der Waals surface area contributed by atoms with Crippen LogP contribution in [0.5, 0.6) is 0 Å². The lowest BCUT2D eigenvalue weighted by molar-refractivity contribution is -0.151. The van der Waals surface area contributed by atoms with Crippen LogP contribution in [0.4, 0.5) is 0 Å². The van der Waals surface area contributed by atoms with Gasteiger partial charge < -0.3 is 20.3 Å². The molecule has 0 aliphatic carbocycles. The zero-order valence-corrected chi connectivity index (χ0v) is 11.8. The topological polar surface area (TPSA) is 113 Å². The van der Waals surface area contributed by atoms with Gasteiger partial charge >= 0.3 is 11.9 Å². The molecule has 114 valence electrons. The highest BCUT2D eigenvalue weighted by Gasteiger charge is 2.35. The fourth-order valence-electron chi connectivity index (χ4n) is 2.16. The summed E-state index contributed by atoms with van der Waals surface area (Å²) in [5.74, 6) is -2.59. The van der Waals surface area contributed by atoms with E-state index >= 15 is 0 Å². The van der Waals surface area contributed by atoms with E-state index in [2.05, 4.69) is 5.32 Å². The number of amides is 1. The molecule has 3 atom stereocenters. The first-order valence-electron chi connectivity index (χ1n) is 6.41. The number of hydrogen-bond donors (Lipinski definition) is 3. The summed E-state index contributed by atoms with van der Waals surface area (Å²) < 4.78 is 5.15. The summed E-state index contributed by atoms with van der Waals surface area (Å²) in [6.45, 7) is 0. The van der Waals surface area contributed by atoms with Gasteiger partial charge in [0.15, 0.2) is 6.10 Å².